The number of benzene rings is 1. The lowest BCUT2D eigenvalue weighted by atomic mass is 10.0. The van der Waals surface area contributed by atoms with E-state index in [1.807, 2.05) is 12.1 Å². The third kappa shape index (κ3) is 6.60. The third-order valence-corrected chi connectivity index (χ3v) is 5.01. The first kappa shape index (κ1) is 23.9. The summed E-state index contributed by atoms with van der Waals surface area (Å²) in [7, 11) is 0. The third-order valence-electron chi connectivity index (χ3n) is 5.01. The van der Waals surface area contributed by atoms with Gasteiger partial charge in [0.2, 0.25) is 5.91 Å². The largest absolute Gasteiger partial charge is 0.383 e. The normalized spacial score (nSPS) is 16.3. The van der Waals surface area contributed by atoms with E-state index in [2.05, 4.69) is 22.3 Å². The summed E-state index contributed by atoms with van der Waals surface area (Å²) in [6.45, 7) is 7.93. The number of anilines is 1. The number of hydrogen-bond acceptors (Lipinski definition) is 8. The summed E-state index contributed by atoms with van der Waals surface area (Å²) < 4.78 is 17.4. The van der Waals surface area contributed by atoms with Gasteiger partial charge in [-0.2, -0.15) is 5.10 Å². The van der Waals surface area contributed by atoms with Gasteiger partial charge in [-0.3, -0.25) is 9.59 Å². The first-order chi connectivity index (χ1) is 15.6. The highest BCUT2D eigenvalue weighted by Gasteiger charge is 2.27. The van der Waals surface area contributed by atoms with E-state index in [4.69, 9.17) is 19.9 Å². The SMILES string of the molecule is C=C1CCC(n2ncc3ccc(NCCOCCOCCOCCN)cc3c2=O)C(=O)N1. The fourth-order valence-corrected chi connectivity index (χ4v) is 3.37. The molecule has 32 heavy (non-hydrogen) atoms. The molecule has 0 radical (unpaired) electrons. The molecule has 0 bridgehead atoms. The van der Waals surface area contributed by atoms with Gasteiger partial charge >= 0.3 is 0 Å². The molecule has 1 atom stereocenters. The van der Waals surface area contributed by atoms with Crippen LogP contribution in [-0.2, 0) is 19.0 Å². The molecular formula is C22H31N5O5. The number of nitrogens with zero attached hydrogens (tertiary/aromatic N) is 2. The summed E-state index contributed by atoms with van der Waals surface area (Å²) >= 11 is 0. The number of fused-ring (bicyclic) bond motifs is 1. The maximum absolute atomic E-state index is 13.0. The molecule has 2 heterocycles. The molecule has 1 unspecified atom stereocenters. The summed E-state index contributed by atoms with van der Waals surface area (Å²) in [5.74, 6) is -0.256. The first-order valence-corrected chi connectivity index (χ1v) is 10.8. The van der Waals surface area contributed by atoms with Gasteiger partial charge in [0.05, 0.1) is 51.2 Å². The van der Waals surface area contributed by atoms with Crippen molar-refractivity contribution in [1.29, 1.82) is 0 Å². The molecule has 10 nitrogen and oxygen atoms in total. The van der Waals surface area contributed by atoms with Crippen molar-refractivity contribution in [2.24, 2.45) is 5.73 Å². The number of amides is 1. The predicted molar refractivity (Wildman–Crippen MR) is 122 cm³/mol. The predicted octanol–water partition coefficient (Wildman–Crippen LogP) is 0.782. The Hall–Kier alpha value is -2.79. The molecule has 4 N–H and O–H groups in total. The number of carbonyl (C=O) groups excluding carboxylic acids is 1. The van der Waals surface area contributed by atoms with E-state index >= 15 is 0 Å². The Balaban J connectivity index is 1.47. The van der Waals surface area contributed by atoms with Gasteiger partial charge in [0, 0.05) is 29.9 Å². The minimum atomic E-state index is -0.628. The maximum atomic E-state index is 13.0. The molecule has 1 aliphatic rings. The van der Waals surface area contributed by atoms with E-state index in [0.717, 1.165) is 11.1 Å². The number of carbonyl (C=O) groups is 1. The van der Waals surface area contributed by atoms with Crippen molar-refractivity contribution >= 4 is 22.4 Å². The second kappa shape index (κ2) is 12.3. The van der Waals surface area contributed by atoms with Crippen molar-refractivity contribution in [3.63, 3.8) is 0 Å². The molecule has 2 aromatic rings. The zero-order valence-electron chi connectivity index (χ0n) is 18.2. The zero-order valence-corrected chi connectivity index (χ0v) is 18.2. The van der Waals surface area contributed by atoms with E-state index in [1.165, 1.54) is 4.68 Å². The number of nitrogens with one attached hydrogen (secondary N) is 2. The van der Waals surface area contributed by atoms with Crippen LogP contribution in [-0.4, -0.2) is 68.4 Å². The highest BCUT2D eigenvalue weighted by Crippen LogP contribution is 2.21. The number of rotatable bonds is 13. The Kier molecular flexibility index (Phi) is 9.17. The van der Waals surface area contributed by atoms with Crippen LogP contribution < -0.4 is 21.9 Å². The Morgan fingerprint density at radius 2 is 1.84 bits per heavy atom. The fourth-order valence-electron chi connectivity index (χ4n) is 3.37. The minimum Gasteiger partial charge on any atom is -0.383 e. The molecule has 1 aromatic carbocycles. The number of aromatic nitrogens is 2. The van der Waals surface area contributed by atoms with E-state index in [9.17, 15) is 9.59 Å². The monoisotopic (exact) mass is 445 g/mol. The van der Waals surface area contributed by atoms with Crippen LogP contribution in [0.15, 0.2) is 41.5 Å². The summed E-state index contributed by atoms with van der Waals surface area (Å²) in [6.07, 6.45) is 2.74. The van der Waals surface area contributed by atoms with Crippen LogP contribution in [0.25, 0.3) is 10.8 Å². The number of allylic oxidation sites excluding steroid dienone is 1. The van der Waals surface area contributed by atoms with Crippen LogP contribution in [0, 0.1) is 0 Å². The number of hydrogen-bond donors (Lipinski definition) is 3. The Labute approximate surface area is 186 Å². The van der Waals surface area contributed by atoms with E-state index in [-0.39, 0.29) is 11.5 Å². The molecule has 3 rings (SSSR count). The zero-order chi connectivity index (χ0) is 22.8. The molecule has 1 aromatic heterocycles. The van der Waals surface area contributed by atoms with E-state index in [0.29, 0.717) is 76.7 Å². The summed E-state index contributed by atoms with van der Waals surface area (Å²) in [5, 5.41) is 11.4. The summed E-state index contributed by atoms with van der Waals surface area (Å²) in [5.41, 5.74) is 6.50. The van der Waals surface area contributed by atoms with E-state index in [1.54, 1.807) is 12.3 Å². The highest BCUT2D eigenvalue weighted by atomic mass is 16.5. The second-order valence-corrected chi connectivity index (χ2v) is 7.40. The molecule has 0 spiro atoms. The molecule has 1 amide bonds. The minimum absolute atomic E-state index is 0.256. The standard InChI is InChI=1S/C22H31N5O5/c1-16-2-5-20(21(28)26-16)27-22(29)19-14-18(4-3-17(19)15-25-27)24-7-9-31-11-13-32-12-10-30-8-6-23/h3-4,14-15,20,24H,1-2,5-13,23H2,(H,26,28). The Morgan fingerprint density at radius 1 is 1.12 bits per heavy atom. The van der Waals surface area contributed by atoms with Crippen molar-refractivity contribution in [3.05, 3.63) is 47.0 Å². The molecule has 1 fully saturated rings. The van der Waals surface area contributed by atoms with Crippen LogP contribution in [0.1, 0.15) is 18.9 Å². The lowest BCUT2D eigenvalue weighted by Gasteiger charge is -2.24. The van der Waals surface area contributed by atoms with Gasteiger partial charge < -0.3 is 30.6 Å². The van der Waals surface area contributed by atoms with Crippen molar-refractivity contribution in [1.82, 2.24) is 15.1 Å². The molecule has 0 saturated carbocycles. The van der Waals surface area contributed by atoms with Crippen LogP contribution in [0.4, 0.5) is 5.69 Å². The number of piperidine rings is 1. The van der Waals surface area contributed by atoms with Gasteiger partial charge in [0.1, 0.15) is 6.04 Å². The average Bonchev–Trinajstić information content (AvgIpc) is 2.78. The van der Waals surface area contributed by atoms with Crippen molar-refractivity contribution in [2.45, 2.75) is 18.9 Å². The average molecular weight is 446 g/mol. The topological polar surface area (TPSA) is 130 Å². The number of nitrogens with two attached hydrogens (primary N) is 1. The molecule has 1 aliphatic heterocycles. The van der Waals surface area contributed by atoms with Gasteiger partial charge in [-0.05, 0) is 25.0 Å². The summed E-state index contributed by atoms with van der Waals surface area (Å²) in [6, 6.07) is 4.87. The molecule has 174 valence electrons. The smallest absolute Gasteiger partial charge is 0.275 e. The molecule has 10 heteroatoms. The maximum Gasteiger partial charge on any atom is 0.275 e. The lowest BCUT2D eigenvalue weighted by Crippen LogP contribution is -2.41. The summed E-state index contributed by atoms with van der Waals surface area (Å²) in [4.78, 5) is 25.3. The van der Waals surface area contributed by atoms with Crippen molar-refractivity contribution < 1.29 is 19.0 Å². The number of ether oxygens (including phenoxy) is 3. The quantitative estimate of drug-likeness (QED) is 0.386. The van der Waals surface area contributed by atoms with Crippen LogP contribution in [0.3, 0.4) is 0 Å². The van der Waals surface area contributed by atoms with Crippen molar-refractivity contribution in [2.75, 3.05) is 58.0 Å². The van der Waals surface area contributed by atoms with Crippen LogP contribution >= 0.6 is 0 Å². The van der Waals surface area contributed by atoms with Crippen LogP contribution in [0.5, 0.6) is 0 Å². The molecule has 1 saturated heterocycles. The molecular weight excluding hydrogens is 414 g/mol. The van der Waals surface area contributed by atoms with Crippen molar-refractivity contribution in [3.8, 4) is 0 Å². The Bertz CT molecular complexity index is 977. The Morgan fingerprint density at radius 3 is 2.56 bits per heavy atom. The second-order valence-electron chi connectivity index (χ2n) is 7.40. The first-order valence-electron chi connectivity index (χ1n) is 10.8. The van der Waals surface area contributed by atoms with Gasteiger partial charge in [-0.15, -0.1) is 0 Å². The van der Waals surface area contributed by atoms with Gasteiger partial charge in [0.25, 0.3) is 5.56 Å². The molecule has 0 aliphatic carbocycles. The van der Waals surface area contributed by atoms with Gasteiger partial charge in [-0.25, -0.2) is 4.68 Å². The van der Waals surface area contributed by atoms with E-state index < -0.39 is 6.04 Å². The van der Waals surface area contributed by atoms with Gasteiger partial charge in [0.15, 0.2) is 0 Å². The highest BCUT2D eigenvalue weighted by molar-refractivity contribution is 5.86. The fraction of sp³-hybridized carbons (Fsp3) is 0.500. The van der Waals surface area contributed by atoms with Crippen LogP contribution in [0.2, 0.25) is 0 Å². The van der Waals surface area contributed by atoms with Gasteiger partial charge in [-0.1, -0.05) is 12.6 Å². The lowest BCUT2D eigenvalue weighted by molar-refractivity contribution is -0.125.